The van der Waals surface area contributed by atoms with Crippen LogP contribution in [0.25, 0.3) is 0 Å². The van der Waals surface area contributed by atoms with E-state index in [9.17, 15) is 18.3 Å². The minimum atomic E-state index is -4.89. The minimum absolute atomic E-state index is 0.0614. The fraction of sp³-hybridized carbons (Fsp3) is 0.333. The van der Waals surface area contributed by atoms with Gasteiger partial charge in [-0.05, 0) is 25.1 Å². The van der Waals surface area contributed by atoms with E-state index in [1.54, 1.807) is 0 Å². The zero-order chi connectivity index (χ0) is 14.0. The smallest absolute Gasteiger partial charge is 0.398 e. The first-order valence-corrected chi connectivity index (χ1v) is 5.34. The number of halogens is 4. The van der Waals surface area contributed by atoms with Crippen molar-refractivity contribution in [2.24, 2.45) is 0 Å². The maximum Gasteiger partial charge on any atom is 0.422 e. The van der Waals surface area contributed by atoms with Gasteiger partial charge >= 0.3 is 6.18 Å². The molecule has 0 heterocycles. The van der Waals surface area contributed by atoms with Gasteiger partial charge in [0.1, 0.15) is 0 Å². The Morgan fingerprint density at radius 2 is 2.00 bits per heavy atom. The van der Waals surface area contributed by atoms with Gasteiger partial charge in [-0.15, -0.1) is 5.92 Å². The third kappa shape index (κ3) is 2.71. The Morgan fingerprint density at radius 3 is 2.50 bits per heavy atom. The maximum absolute atomic E-state index is 13.0. The number of rotatable bonds is 2. The van der Waals surface area contributed by atoms with Crippen LogP contribution in [0.1, 0.15) is 18.9 Å². The Labute approximate surface area is 108 Å². The van der Waals surface area contributed by atoms with Crippen LogP contribution in [0, 0.1) is 11.8 Å². The molecule has 6 heteroatoms. The Bertz CT molecular complexity index is 504. The molecule has 1 aromatic rings. The predicted molar refractivity (Wildman–Crippen MR) is 63.9 cm³/mol. The lowest BCUT2D eigenvalue weighted by molar-refractivity contribution is -0.264. The summed E-state index contributed by atoms with van der Waals surface area (Å²) in [5.74, 6) is 4.54. The Hall–Kier alpha value is -1.38. The van der Waals surface area contributed by atoms with E-state index in [0.717, 1.165) is 6.07 Å². The summed E-state index contributed by atoms with van der Waals surface area (Å²) >= 11 is 5.64. The van der Waals surface area contributed by atoms with Crippen LogP contribution in [0.5, 0.6) is 0 Å². The number of anilines is 1. The van der Waals surface area contributed by atoms with E-state index in [0.29, 0.717) is 0 Å². The number of nitrogen functional groups attached to an aromatic ring is 1. The molecular formula is C12H11ClF3NO. The lowest BCUT2D eigenvalue weighted by Crippen LogP contribution is -2.42. The van der Waals surface area contributed by atoms with Crippen molar-refractivity contribution in [1.29, 1.82) is 0 Å². The number of benzene rings is 1. The molecule has 0 spiro atoms. The van der Waals surface area contributed by atoms with Gasteiger partial charge in [0.15, 0.2) is 5.60 Å². The first-order valence-electron chi connectivity index (χ1n) is 4.96. The monoisotopic (exact) mass is 277 g/mol. The zero-order valence-corrected chi connectivity index (χ0v) is 10.2. The highest BCUT2D eigenvalue weighted by Crippen LogP contribution is 2.44. The van der Waals surface area contributed by atoms with Crippen LogP contribution in [0.4, 0.5) is 18.9 Å². The highest BCUT2D eigenvalue weighted by molar-refractivity contribution is 6.30. The van der Waals surface area contributed by atoms with Crippen molar-refractivity contribution in [1.82, 2.24) is 0 Å². The second-order valence-electron chi connectivity index (χ2n) is 3.69. The van der Waals surface area contributed by atoms with Gasteiger partial charge in [0.2, 0.25) is 0 Å². The molecule has 1 unspecified atom stereocenters. The molecule has 0 amide bonds. The van der Waals surface area contributed by atoms with E-state index in [1.165, 1.54) is 19.1 Å². The van der Waals surface area contributed by atoms with Gasteiger partial charge in [0.05, 0.1) is 6.42 Å². The summed E-state index contributed by atoms with van der Waals surface area (Å²) in [5.41, 5.74) is 1.69. The molecule has 0 bridgehead atoms. The van der Waals surface area contributed by atoms with Gasteiger partial charge in [-0.3, -0.25) is 0 Å². The molecular weight excluding hydrogens is 267 g/mol. The lowest BCUT2D eigenvalue weighted by atomic mass is 9.88. The molecule has 0 aromatic heterocycles. The largest absolute Gasteiger partial charge is 0.422 e. The zero-order valence-electron chi connectivity index (χ0n) is 9.48. The van der Waals surface area contributed by atoms with Crippen LogP contribution in [0.3, 0.4) is 0 Å². The predicted octanol–water partition coefficient (Wildman–Crippen LogP) is 3.09. The fourth-order valence-corrected chi connectivity index (χ4v) is 1.62. The first-order chi connectivity index (χ1) is 8.22. The summed E-state index contributed by atoms with van der Waals surface area (Å²) in [7, 11) is 0. The Morgan fingerprint density at radius 1 is 1.39 bits per heavy atom. The Balaban J connectivity index is 3.42. The third-order valence-electron chi connectivity index (χ3n) is 2.45. The van der Waals surface area contributed by atoms with E-state index < -0.39 is 23.8 Å². The van der Waals surface area contributed by atoms with Crippen molar-refractivity contribution in [3.05, 3.63) is 28.8 Å². The average molecular weight is 278 g/mol. The lowest BCUT2D eigenvalue weighted by Gasteiger charge is -2.30. The number of aliphatic hydroxyl groups is 1. The molecule has 1 aromatic carbocycles. The Kier molecular flexibility index (Phi) is 4.15. The van der Waals surface area contributed by atoms with Crippen molar-refractivity contribution < 1.29 is 18.3 Å². The van der Waals surface area contributed by atoms with Crippen molar-refractivity contribution in [2.45, 2.75) is 25.1 Å². The molecule has 0 fully saturated rings. The molecule has 0 saturated carbocycles. The van der Waals surface area contributed by atoms with Crippen LogP contribution in [0.2, 0.25) is 5.02 Å². The van der Waals surface area contributed by atoms with Crippen molar-refractivity contribution in [2.75, 3.05) is 5.73 Å². The van der Waals surface area contributed by atoms with E-state index in [4.69, 9.17) is 17.3 Å². The number of hydrogen-bond donors (Lipinski definition) is 2. The summed E-state index contributed by atoms with van der Waals surface area (Å²) in [6.07, 6.45) is -5.69. The summed E-state index contributed by atoms with van der Waals surface area (Å²) in [6.45, 7) is 1.39. The molecule has 18 heavy (non-hydrogen) atoms. The normalized spacial score (nSPS) is 14.6. The van der Waals surface area contributed by atoms with Gasteiger partial charge < -0.3 is 10.8 Å². The number of nitrogens with two attached hydrogens (primary N) is 1. The minimum Gasteiger partial charge on any atom is -0.398 e. The first kappa shape index (κ1) is 14.7. The molecule has 3 N–H and O–H groups in total. The molecule has 98 valence electrons. The van der Waals surface area contributed by atoms with Gasteiger partial charge in [-0.2, -0.15) is 13.2 Å². The third-order valence-corrected chi connectivity index (χ3v) is 2.69. The van der Waals surface area contributed by atoms with Crippen molar-refractivity contribution >= 4 is 17.3 Å². The van der Waals surface area contributed by atoms with Gasteiger partial charge in [-0.1, -0.05) is 17.5 Å². The molecule has 0 aliphatic rings. The van der Waals surface area contributed by atoms with Gasteiger partial charge in [-0.25, -0.2) is 0 Å². The molecule has 2 nitrogen and oxygen atoms in total. The number of alkyl halides is 3. The summed E-state index contributed by atoms with van der Waals surface area (Å²) in [4.78, 5) is 0. The topological polar surface area (TPSA) is 46.2 Å². The van der Waals surface area contributed by atoms with Crippen molar-refractivity contribution in [3.63, 3.8) is 0 Å². The van der Waals surface area contributed by atoms with E-state index in [1.807, 2.05) is 0 Å². The van der Waals surface area contributed by atoms with Gasteiger partial charge in [0, 0.05) is 16.3 Å². The molecule has 1 atom stereocenters. The standard InChI is InChI=1S/C12H11ClF3NO/c1-2-3-6-11(18,12(14,15)16)9-7-8(13)4-5-10(9)17/h4-5,7,18H,6,17H2,1H3. The molecule has 0 saturated heterocycles. The van der Waals surface area contributed by atoms with Crippen LogP contribution >= 0.6 is 11.6 Å². The van der Waals surface area contributed by atoms with E-state index in [-0.39, 0.29) is 10.7 Å². The second-order valence-corrected chi connectivity index (χ2v) is 4.13. The second kappa shape index (κ2) is 5.09. The average Bonchev–Trinajstić information content (AvgIpc) is 2.27. The highest BCUT2D eigenvalue weighted by atomic mass is 35.5. The van der Waals surface area contributed by atoms with Crippen molar-refractivity contribution in [3.8, 4) is 11.8 Å². The summed E-state index contributed by atoms with van der Waals surface area (Å²) in [5, 5.41) is 9.95. The fourth-order valence-electron chi connectivity index (χ4n) is 1.45. The molecule has 0 aliphatic carbocycles. The highest BCUT2D eigenvalue weighted by Gasteiger charge is 2.55. The van der Waals surface area contributed by atoms with Crippen LogP contribution in [-0.4, -0.2) is 11.3 Å². The van der Waals surface area contributed by atoms with E-state index >= 15 is 0 Å². The molecule has 1 rings (SSSR count). The van der Waals surface area contributed by atoms with Crippen LogP contribution in [-0.2, 0) is 5.60 Å². The van der Waals surface area contributed by atoms with Gasteiger partial charge in [0.25, 0.3) is 0 Å². The summed E-state index contributed by atoms with van der Waals surface area (Å²) < 4.78 is 39.0. The van der Waals surface area contributed by atoms with Crippen LogP contribution in [0.15, 0.2) is 18.2 Å². The SMILES string of the molecule is CC#CCC(O)(c1cc(Cl)ccc1N)C(F)(F)F. The molecule has 0 aliphatic heterocycles. The molecule has 0 radical (unpaired) electrons. The summed E-state index contributed by atoms with van der Waals surface area (Å²) in [6, 6.07) is 3.57. The van der Waals surface area contributed by atoms with Crippen LogP contribution < -0.4 is 5.73 Å². The quantitative estimate of drug-likeness (QED) is 0.645. The van der Waals surface area contributed by atoms with E-state index in [2.05, 4.69) is 11.8 Å². The maximum atomic E-state index is 13.0. The number of hydrogen-bond acceptors (Lipinski definition) is 2.